The van der Waals surface area contributed by atoms with Crippen molar-refractivity contribution in [1.29, 1.82) is 0 Å². The fourth-order valence-corrected chi connectivity index (χ4v) is 2.47. The second kappa shape index (κ2) is 5.27. The summed E-state index contributed by atoms with van der Waals surface area (Å²) in [6.45, 7) is 5.94. The van der Waals surface area contributed by atoms with Crippen LogP contribution in [0.3, 0.4) is 0 Å². The summed E-state index contributed by atoms with van der Waals surface area (Å²) in [5.74, 6) is 0.750. The van der Waals surface area contributed by atoms with Crippen molar-refractivity contribution in [3.8, 4) is 10.8 Å². The highest BCUT2D eigenvalue weighted by Gasteiger charge is 2.11. The highest BCUT2D eigenvalue weighted by Crippen LogP contribution is 2.29. The zero-order valence-electron chi connectivity index (χ0n) is 9.62. The van der Waals surface area contributed by atoms with E-state index in [4.69, 9.17) is 4.42 Å². The van der Waals surface area contributed by atoms with Crippen LogP contribution in [0.5, 0.6) is 0 Å². The maximum Gasteiger partial charge on any atom is 0.236 e. The molecule has 2 rings (SSSR count). The first-order valence-electron chi connectivity index (χ1n) is 5.57. The van der Waals surface area contributed by atoms with Gasteiger partial charge in [-0.1, -0.05) is 13.8 Å². The van der Waals surface area contributed by atoms with Crippen LogP contribution in [-0.4, -0.2) is 11.5 Å². The smallest absolute Gasteiger partial charge is 0.236 e. The Bertz CT molecular complexity index is 447. The minimum absolute atomic E-state index is 0.750. The number of aryl methyl sites for hydroxylation is 1. The number of rotatable bonds is 5. The van der Waals surface area contributed by atoms with Crippen LogP contribution in [0.15, 0.2) is 22.1 Å². The third-order valence-corrected chi connectivity index (χ3v) is 3.37. The number of nitrogens with zero attached hydrogens (tertiary/aromatic N) is 1. The van der Waals surface area contributed by atoms with Gasteiger partial charge in [0, 0.05) is 6.54 Å². The van der Waals surface area contributed by atoms with Gasteiger partial charge in [-0.15, -0.1) is 11.3 Å². The second-order valence-electron chi connectivity index (χ2n) is 3.55. The first-order chi connectivity index (χ1) is 7.85. The van der Waals surface area contributed by atoms with E-state index >= 15 is 0 Å². The highest BCUT2D eigenvalue weighted by atomic mass is 32.1. The monoisotopic (exact) mass is 236 g/mol. The van der Waals surface area contributed by atoms with Gasteiger partial charge < -0.3 is 9.73 Å². The molecule has 0 unspecified atom stereocenters. The molecule has 0 atom stereocenters. The first-order valence-corrected chi connectivity index (χ1v) is 6.45. The van der Waals surface area contributed by atoms with Gasteiger partial charge in [-0.3, -0.25) is 0 Å². The molecule has 0 fully saturated rings. The Hall–Kier alpha value is -1.13. The van der Waals surface area contributed by atoms with E-state index in [2.05, 4.69) is 35.6 Å². The standard InChI is InChI=1S/C12H16N2OS/c1-3-9-5-6-16-11(9)12-14-10(8-15-12)7-13-4-2/h5-6,8,13H,3-4,7H2,1-2H3. The first kappa shape index (κ1) is 11.4. The van der Waals surface area contributed by atoms with Crippen molar-refractivity contribution in [2.45, 2.75) is 26.8 Å². The van der Waals surface area contributed by atoms with Crippen LogP contribution in [0.1, 0.15) is 25.1 Å². The van der Waals surface area contributed by atoms with Gasteiger partial charge in [0.2, 0.25) is 5.89 Å². The molecule has 0 bridgehead atoms. The van der Waals surface area contributed by atoms with Crippen LogP contribution in [-0.2, 0) is 13.0 Å². The zero-order chi connectivity index (χ0) is 11.4. The number of hydrogen-bond acceptors (Lipinski definition) is 4. The molecule has 2 aromatic heterocycles. The lowest BCUT2D eigenvalue weighted by atomic mass is 10.2. The lowest BCUT2D eigenvalue weighted by molar-refractivity contribution is 0.571. The van der Waals surface area contributed by atoms with Crippen molar-refractivity contribution in [2.75, 3.05) is 6.54 Å². The van der Waals surface area contributed by atoms with Gasteiger partial charge in [-0.2, -0.15) is 0 Å². The van der Waals surface area contributed by atoms with E-state index in [1.54, 1.807) is 17.6 Å². The molecule has 0 saturated heterocycles. The van der Waals surface area contributed by atoms with Gasteiger partial charge in [0.1, 0.15) is 6.26 Å². The second-order valence-corrected chi connectivity index (χ2v) is 4.47. The topological polar surface area (TPSA) is 38.1 Å². The van der Waals surface area contributed by atoms with Gasteiger partial charge in [-0.25, -0.2) is 4.98 Å². The van der Waals surface area contributed by atoms with Gasteiger partial charge in [0.25, 0.3) is 0 Å². The quantitative estimate of drug-likeness (QED) is 0.867. The molecule has 86 valence electrons. The van der Waals surface area contributed by atoms with Crippen molar-refractivity contribution in [1.82, 2.24) is 10.3 Å². The van der Waals surface area contributed by atoms with Crippen molar-refractivity contribution in [3.63, 3.8) is 0 Å². The molecule has 0 radical (unpaired) electrons. The summed E-state index contributed by atoms with van der Waals surface area (Å²) < 4.78 is 5.51. The van der Waals surface area contributed by atoms with Crippen LogP contribution in [0, 0.1) is 0 Å². The van der Waals surface area contributed by atoms with Crippen LogP contribution >= 0.6 is 11.3 Å². The highest BCUT2D eigenvalue weighted by molar-refractivity contribution is 7.13. The normalized spacial score (nSPS) is 10.9. The molecular formula is C12H16N2OS. The predicted molar refractivity (Wildman–Crippen MR) is 66.6 cm³/mol. The van der Waals surface area contributed by atoms with E-state index in [1.807, 2.05) is 0 Å². The molecule has 2 aromatic rings. The third kappa shape index (κ3) is 2.33. The molecule has 4 heteroatoms. The lowest BCUT2D eigenvalue weighted by Crippen LogP contribution is -2.11. The largest absolute Gasteiger partial charge is 0.444 e. The van der Waals surface area contributed by atoms with Gasteiger partial charge in [0.05, 0.1) is 10.6 Å². The number of nitrogens with one attached hydrogen (secondary N) is 1. The van der Waals surface area contributed by atoms with E-state index in [0.29, 0.717) is 0 Å². The van der Waals surface area contributed by atoms with Crippen molar-refractivity contribution < 1.29 is 4.42 Å². The summed E-state index contributed by atoms with van der Waals surface area (Å²) in [5, 5.41) is 5.32. The van der Waals surface area contributed by atoms with E-state index in [-0.39, 0.29) is 0 Å². The molecule has 1 N–H and O–H groups in total. The average molecular weight is 236 g/mol. The Balaban J connectivity index is 2.18. The van der Waals surface area contributed by atoms with Gasteiger partial charge in [0.15, 0.2) is 0 Å². The minimum atomic E-state index is 0.750. The molecular weight excluding hydrogens is 220 g/mol. The van der Waals surface area contributed by atoms with Crippen molar-refractivity contribution in [2.24, 2.45) is 0 Å². The predicted octanol–water partition coefficient (Wildman–Crippen LogP) is 3.08. The summed E-state index contributed by atoms with van der Waals surface area (Å²) >= 11 is 1.69. The molecule has 16 heavy (non-hydrogen) atoms. The number of hydrogen-bond donors (Lipinski definition) is 1. The Labute approximate surface area is 99.5 Å². The van der Waals surface area contributed by atoms with Gasteiger partial charge >= 0.3 is 0 Å². The zero-order valence-corrected chi connectivity index (χ0v) is 10.4. The lowest BCUT2D eigenvalue weighted by Gasteiger charge is -1.95. The molecule has 0 spiro atoms. The summed E-state index contributed by atoms with van der Waals surface area (Å²) in [5.41, 5.74) is 2.27. The van der Waals surface area contributed by atoms with Crippen molar-refractivity contribution in [3.05, 3.63) is 29.0 Å². The fourth-order valence-electron chi connectivity index (χ4n) is 1.55. The summed E-state index contributed by atoms with van der Waals surface area (Å²) in [7, 11) is 0. The van der Waals surface area contributed by atoms with Crippen LogP contribution in [0.25, 0.3) is 10.8 Å². The molecule has 0 aromatic carbocycles. The molecule has 3 nitrogen and oxygen atoms in total. The van der Waals surface area contributed by atoms with Gasteiger partial charge in [-0.05, 0) is 30.0 Å². The molecule has 0 aliphatic heterocycles. The molecule has 0 aliphatic carbocycles. The van der Waals surface area contributed by atoms with E-state index in [0.717, 1.165) is 36.0 Å². The van der Waals surface area contributed by atoms with E-state index < -0.39 is 0 Å². The van der Waals surface area contributed by atoms with Crippen LogP contribution < -0.4 is 5.32 Å². The minimum Gasteiger partial charge on any atom is -0.444 e. The number of thiophene rings is 1. The Kier molecular flexibility index (Phi) is 3.74. The average Bonchev–Trinajstić information content (AvgIpc) is 2.94. The van der Waals surface area contributed by atoms with Crippen LogP contribution in [0.2, 0.25) is 0 Å². The SMILES string of the molecule is CCNCc1coc(-c2sccc2CC)n1. The molecule has 0 saturated carbocycles. The van der Waals surface area contributed by atoms with E-state index in [1.165, 1.54) is 5.56 Å². The van der Waals surface area contributed by atoms with Crippen LogP contribution in [0.4, 0.5) is 0 Å². The fraction of sp³-hybridized carbons (Fsp3) is 0.417. The number of aromatic nitrogens is 1. The maximum absolute atomic E-state index is 5.51. The Morgan fingerprint density at radius 3 is 3.06 bits per heavy atom. The molecule has 0 aliphatic rings. The van der Waals surface area contributed by atoms with Crippen molar-refractivity contribution >= 4 is 11.3 Å². The summed E-state index contributed by atoms with van der Waals surface area (Å²) in [6.07, 6.45) is 2.75. The maximum atomic E-state index is 5.51. The number of oxazole rings is 1. The molecule has 0 amide bonds. The third-order valence-electron chi connectivity index (χ3n) is 2.43. The summed E-state index contributed by atoms with van der Waals surface area (Å²) in [4.78, 5) is 5.64. The summed E-state index contributed by atoms with van der Waals surface area (Å²) in [6, 6.07) is 2.13. The Morgan fingerprint density at radius 2 is 2.31 bits per heavy atom. The van der Waals surface area contributed by atoms with E-state index in [9.17, 15) is 0 Å². The Morgan fingerprint density at radius 1 is 1.44 bits per heavy atom. The molecule has 2 heterocycles.